The highest BCUT2D eigenvalue weighted by Crippen LogP contribution is 2.30. The van der Waals surface area contributed by atoms with Gasteiger partial charge in [-0.15, -0.1) is 0 Å². The average molecular weight is 430 g/mol. The van der Waals surface area contributed by atoms with E-state index < -0.39 is 43.5 Å². The Hall–Kier alpha value is -1.45. The van der Waals surface area contributed by atoms with Crippen molar-refractivity contribution in [3.05, 3.63) is 64.7 Å². The van der Waals surface area contributed by atoms with Crippen molar-refractivity contribution in [2.45, 2.75) is 30.5 Å². The number of aryl methyl sites for hydroxylation is 1. The van der Waals surface area contributed by atoms with Gasteiger partial charge in [-0.25, -0.2) is 16.8 Å². The topological polar surface area (TPSA) is 91.8 Å². The Balaban J connectivity index is 2.10. The Morgan fingerprint density at radius 2 is 1.81 bits per heavy atom. The van der Waals surface area contributed by atoms with Crippen LogP contribution in [0.25, 0.3) is 0 Å². The minimum atomic E-state index is -4.09. The molecule has 1 saturated heterocycles. The summed E-state index contributed by atoms with van der Waals surface area (Å²) in [7, 11) is -7.62. The maximum absolute atomic E-state index is 13.4. The number of halogens is 1. The quantitative estimate of drug-likeness (QED) is 0.784. The molecule has 27 heavy (non-hydrogen) atoms. The van der Waals surface area contributed by atoms with Crippen LogP contribution in [0.1, 0.15) is 11.1 Å². The summed E-state index contributed by atoms with van der Waals surface area (Å²) in [6.07, 6.45) is -1.28. The van der Waals surface area contributed by atoms with E-state index in [-0.39, 0.29) is 16.5 Å². The molecule has 146 valence electrons. The normalized spacial score (nSPS) is 22.2. The Morgan fingerprint density at radius 1 is 1.15 bits per heavy atom. The third-order valence-corrected chi connectivity index (χ3v) is 8.53. The third kappa shape index (κ3) is 4.35. The molecule has 2 aromatic rings. The highest BCUT2D eigenvalue weighted by Gasteiger charge is 2.45. The van der Waals surface area contributed by atoms with Crippen molar-refractivity contribution < 1.29 is 21.9 Å². The van der Waals surface area contributed by atoms with Crippen LogP contribution < -0.4 is 0 Å². The summed E-state index contributed by atoms with van der Waals surface area (Å²) in [6.45, 7) is 1.60. The average Bonchev–Trinajstić information content (AvgIpc) is 2.87. The molecule has 1 heterocycles. The molecule has 1 fully saturated rings. The molecule has 3 rings (SSSR count). The van der Waals surface area contributed by atoms with Crippen molar-refractivity contribution in [1.29, 1.82) is 0 Å². The molecule has 1 N–H and O–H groups in total. The predicted octanol–water partition coefficient (Wildman–Crippen LogP) is 2.00. The Bertz CT molecular complexity index is 1040. The van der Waals surface area contributed by atoms with E-state index in [1.165, 1.54) is 6.07 Å². The van der Waals surface area contributed by atoms with E-state index in [4.69, 9.17) is 11.6 Å². The lowest BCUT2D eigenvalue weighted by Gasteiger charge is -2.30. The fourth-order valence-corrected chi connectivity index (χ4v) is 7.23. The van der Waals surface area contributed by atoms with Gasteiger partial charge in [-0.1, -0.05) is 48.0 Å². The first-order valence-corrected chi connectivity index (χ1v) is 11.9. The Labute approximate surface area is 164 Å². The molecule has 2 aromatic carbocycles. The highest BCUT2D eigenvalue weighted by atomic mass is 35.5. The summed E-state index contributed by atoms with van der Waals surface area (Å²) in [5, 5.41) is 10.6. The van der Waals surface area contributed by atoms with E-state index >= 15 is 0 Å². The number of benzene rings is 2. The van der Waals surface area contributed by atoms with E-state index in [1.807, 2.05) is 0 Å². The van der Waals surface area contributed by atoms with Crippen LogP contribution in [0.3, 0.4) is 0 Å². The molecule has 0 bridgehead atoms. The van der Waals surface area contributed by atoms with Crippen LogP contribution in [0.15, 0.2) is 53.4 Å². The van der Waals surface area contributed by atoms with Gasteiger partial charge in [0.25, 0.3) is 0 Å². The van der Waals surface area contributed by atoms with E-state index in [9.17, 15) is 21.9 Å². The number of nitrogens with zero attached hydrogens (tertiary/aromatic N) is 1. The molecule has 0 aromatic heterocycles. The van der Waals surface area contributed by atoms with Gasteiger partial charge in [-0.3, -0.25) is 0 Å². The van der Waals surface area contributed by atoms with Crippen LogP contribution in [0.4, 0.5) is 0 Å². The van der Waals surface area contributed by atoms with Gasteiger partial charge in [0, 0.05) is 11.6 Å². The summed E-state index contributed by atoms with van der Waals surface area (Å²) in [6, 6.07) is 12.3. The Morgan fingerprint density at radius 3 is 2.41 bits per heavy atom. The van der Waals surface area contributed by atoms with Crippen molar-refractivity contribution >= 4 is 31.5 Å². The molecule has 0 saturated carbocycles. The van der Waals surface area contributed by atoms with Gasteiger partial charge in [0.2, 0.25) is 10.0 Å². The highest BCUT2D eigenvalue weighted by molar-refractivity contribution is 7.92. The first-order valence-electron chi connectivity index (χ1n) is 8.30. The monoisotopic (exact) mass is 429 g/mol. The van der Waals surface area contributed by atoms with Gasteiger partial charge in [-0.05, 0) is 30.2 Å². The van der Waals surface area contributed by atoms with Crippen LogP contribution in [-0.2, 0) is 26.4 Å². The summed E-state index contributed by atoms with van der Waals surface area (Å²) in [4.78, 5) is 0.00225. The minimum Gasteiger partial charge on any atom is -0.390 e. The zero-order valence-electron chi connectivity index (χ0n) is 14.6. The van der Waals surface area contributed by atoms with Crippen LogP contribution in [-0.4, -0.2) is 49.9 Å². The number of hydrogen-bond donors (Lipinski definition) is 1. The van der Waals surface area contributed by atoms with Crippen LogP contribution in [0.5, 0.6) is 0 Å². The van der Waals surface area contributed by atoms with Crippen molar-refractivity contribution in [3.8, 4) is 0 Å². The van der Waals surface area contributed by atoms with E-state index in [2.05, 4.69) is 0 Å². The molecule has 2 atom stereocenters. The lowest BCUT2D eigenvalue weighted by Crippen LogP contribution is -2.46. The molecule has 0 aliphatic carbocycles. The maximum Gasteiger partial charge on any atom is 0.244 e. The zero-order chi connectivity index (χ0) is 19.8. The van der Waals surface area contributed by atoms with Crippen molar-refractivity contribution in [2.75, 3.05) is 11.5 Å². The molecule has 9 heteroatoms. The van der Waals surface area contributed by atoms with E-state index in [0.717, 1.165) is 4.31 Å². The number of hydrogen-bond acceptors (Lipinski definition) is 5. The van der Waals surface area contributed by atoms with E-state index in [0.29, 0.717) is 11.1 Å². The van der Waals surface area contributed by atoms with Gasteiger partial charge < -0.3 is 5.11 Å². The second-order valence-corrected chi connectivity index (χ2v) is 11.1. The number of sulfone groups is 1. The molecule has 0 unspecified atom stereocenters. The van der Waals surface area contributed by atoms with Gasteiger partial charge in [-0.2, -0.15) is 4.31 Å². The van der Waals surface area contributed by atoms with Crippen LogP contribution >= 0.6 is 11.6 Å². The molecule has 1 aliphatic heterocycles. The molecule has 1 aliphatic rings. The molecular weight excluding hydrogens is 410 g/mol. The summed E-state index contributed by atoms with van der Waals surface area (Å²) in [5.74, 6) is -0.868. The smallest absolute Gasteiger partial charge is 0.244 e. The largest absolute Gasteiger partial charge is 0.390 e. The molecule has 6 nitrogen and oxygen atoms in total. The second kappa shape index (κ2) is 7.52. The number of sulfonamides is 1. The lowest BCUT2D eigenvalue weighted by atomic mass is 10.2. The Kier molecular flexibility index (Phi) is 5.65. The lowest BCUT2D eigenvalue weighted by molar-refractivity contribution is 0.125. The fourth-order valence-electron chi connectivity index (χ4n) is 3.21. The summed E-state index contributed by atoms with van der Waals surface area (Å²) in [5.41, 5.74) is 1.19. The van der Waals surface area contributed by atoms with Crippen molar-refractivity contribution in [1.82, 2.24) is 4.31 Å². The van der Waals surface area contributed by atoms with Crippen molar-refractivity contribution in [3.63, 3.8) is 0 Å². The zero-order valence-corrected chi connectivity index (χ0v) is 17.0. The summed E-state index contributed by atoms with van der Waals surface area (Å²) < 4.78 is 51.9. The van der Waals surface area contributed by atoms with Gasteiger partial charge >= 0.3 is 0 Å². The maximum atomic E-state index is 13.4. The number of aliphatic hydroxyl groups is 1. The van der Waals surface area contributed by atoms with Gasteiger partial charge in [0.15, 0.2) is 9.84 Å². The van der Waals surface area contributed by atoms with Crippen LogP contribution in [0.2, 0.25) is 5.02 Å². The predicted molar refractivity (Wildman–Crippen MR) is 104 cm³/mol. The van der Waals surface area contributed by atoms with E-state index in [1.54, 1.807) is 49.4 Å². The molecule has 0 amide bonds. The van der Waals surface area contributed by atoms with Gasteiger partial charge in [0.1, 0.15) is 0 Å². The fraction of sp³-hybridized carbons (Fsp3) is 0.333. The third-order valence-electron chi connectivity index (χ3n) is 4.58. The standard InChI is InChI=1S/C18H20ClNO5S2/c1-13-7-8-15(19)9-18(13)27(24,25)20(10-14-5-3-2-4-6-14)16-11-26(22,23)12-17(16)21/h2-9,16-17,21H,10-12H2,1H3/t16-,17+/m1/s1. The van der Waals surface area contributed by atoms with Crippen molar-refractivity contribution in [2.24, 2.45) is 0 Å². The molecule has 0 radical (unpaired) electrons. The SMILES string of the molecule is Cc1ccc(Cl)cc1S(=O)(=O)N(Cc1ccccc1)[C@@H]1CS(=O)(=O)C[C@@H]1O. The van der Waals surface area contributed by atoms with Crippen LogP contribution in [0, 0.1) is 6.92 Å². The molecule has 0 spiro atoms. The van der Waals surface area contributed by atoms with Gasteiger partial charge in [0.05, 0.1) is 28.5 Å². The second-order valence-electron chi connectivity index (χ2n) is 6.66. The minimum absolute atomic E-state index is 0.00225. The first-order chi connectivity index (χ1) is 12.6. The molecular formula is C18H20ClNO5S2. The number of rotatable bonds is 5. The summed E-state index contributed by atoms with van der Waals surface area (Å²) >= 11 is 5.99. The number of aliphatic hydroxyl groups excluding tert-OH is 1. The first kappa shape index (κ1) is 20.3.